The first-order chi connectivity index (χ1) is 9.29. The molecule has 0 fully saturated rings. The lowest BCUT2D eigenvalue weighted by Gasteiger charge is -2.05. The van der Waals surface area contributed by atoms with Crippen molar-refractivity contribution >= 4 is 12.2 Å². The third kappa shape index (κ3) is 3.50. The Morgan fingerprint density at radius 1 is 1.32 bits per heavy atom. The molecule has 2 N–H and O–H groups in total. The van der Waals surface area contributed by atoms with Crippen molar-refractivity contribution in [3.8, 4) is 11.6 Å². The standard InChI is InChI=1S/C12H10N4O3/c17-12(15-8-16-18)10-6-11(14-7-13-10)19-9-4-2-1-3-5-9/h1-8,18H,(H,15,16,17). The van der Waals surface area contributed by atoms with Gasteiger partial charge in [-0.05, 0) is 12.1 Å². The fraction of sp³-hybridized carbons (Fsp3) is 0. The zero-order valence-electron chi connectivity index (χ0n) is 9.72. The lowest BCUT2D eigenvalue weighted by atomic mass is 10.3. The number of carbonyl (C=O) groups is 1. The molecule has 1 heterocycles. The van der Waals surface area contributed by atoms with Crippen molar-refractivity contribution < 1.29 is 14.7 Å². The van der Waals surface area contributed by atoms with Crippen molar-refractivity contribution in [1.82, 2.24) is 15.3 Å². The third-order valence-electron chi connectivity index (χ3n) is 2.09. The lowest BCUT2D eigenvalue weighted by Crippen LogP contribution is -2.22. The van der Waals surface area contributed by atoms with E-state index in [0.717, 1.165) is 6.34 Å². The number of carbonyl (C=O) groups excluding carboxylic acids is 1. The number of rotatable bonds is 4. The summed E-state index contributed by atoms with van der Waals surface area (Å²) in [7, 11) is 0. The van der Waals surface area contributed by atoms with Crippen LogP contribution in [0.15, 0.2) is 47.9 Å². The Morgan fingerprint density at radius 2 is 2.11 bits per heavy atom. The van der Waals surface area contributed by atoms with Crippen molar-refractivity contribution in [2.45, 2.75) is 0 Å². The number of nitrogens with zero attached hydrogens (tertiary/aromatic N) is 3. The predicted octanol–water partition coefficient (Wildman–Crippen LogP) is 1.42. The molecule has 2 aromatic rings. The zero-order chi connectivity index (χ0) is 13.5. The van der Waals surface area contributed by atoms with Crippen molar-refractivity contribution in [3.63, 3.8) is 0 Å². The Morgan fingerprint density at radius 3 is 2.84 bits per heavy atom. The van der Waals surface area contributed by atoms with Crippen LogP contribution in [0.2, 0.25) is 0 Å². The van der Waals surface area contributed by atoms with Gasteiger partial charge in [-0.3, -0.25) is 4.79 Å². The molecule has 0 spiro atoms. The van der Waals surface area contributed by atoms with E-state index < -0.39 is 5.91 Å². The van der Waals surface area contributed by atoms with Crippen LogP contribution in [-0.2, 0) is 0 Å². The number of hydrogen-bond acceptors (Lipinski definition) is 6. The molecule has 0 saturated heterocycles. The molecule has 0 radical (unpaired) electrons. The van der Waals surface area contributed by atoms with Gasteiger partial charge in [-0.1, -0.05) is 23.4 Å². The summed E-state index contributed by atoms with van der Waals surface area (Å²) in [4.78, 5) is 19.2. The summed E-state index contributed by atoms with van der Waals surface area (Å²) in [6, 6.07) is 10.4. The number of ether oxygens (including phenoxy) is 1. The molecule has 0 atom stereocenters. The number of aromatic nitrogens is 2. The largest absolute Gasteiger partial charge is 0.439 e. The highest BCUT2D eigenvalue weighted by atomic mass is 16.5. The summed E-state index contributed by atoms with van der Waals surface area (Å²) in [5.41, 5.74) is 0.0980. The van der Waals surface area contributed by atoms with Gasteiger partial charge in [0.05, 0.1) is 0 Å². The van der Waals surface area contributed by atoms with Gasteiger partial charge < -0.3 is 15.3 Å². The minimum Gasteiger partial charge on any atom is -0.439 e. The molecule has 19 heavy (non-hydrogen) atoms. The van der Waals surface area contributed by atoms with Gasteiger partial charge in [-0.15, -0.1) is 0 Å². The highest BCUT2D eigenvalue weighted by molar-refractivity contribution is 5.99. The van der Waals surface area contributed by atoms with Crippen molar-refractivity contribution in [3.05, 3.63) is 48.4 Å². The Hall–Kier alpha value is -2.96. The molecule has 1 aromatic carbocycles. The highest BCUT2D eigenvalue weighted by Gasteiger charge is 2.08. The van der Waals surface area contributed by atoms with Crippen molar-refractivity contribution in [2.24, 2.45) is 5.16 Å². The van der Waals surface area contributed by atoms with Crippen LogP contribution >= 0.6 is 0 Å². The topological polar surface area (TPSA) is 96.7 Å². The SMILES string of the molecule is O=C(NC=NO)c1cc(Oc2ccccc2)ncn1. The van der Waals surface area contributed by atoms with E-state index in [4.69, 9.17) is 9.94 Å². The number of hydrogen-bond donors (Lipinski definition) is 2. The maximum absolute atomic E-state index is 11.5. The van der Waals surface area contributed by atoms with E-state index in [0.29, 0.717) is 5.75 Å². The molecular weight excluding hydrogens is 248 g/mol. The Labute approximate surface area is 108 Å². The van der Waals surface area contributed by atoms with E-state index in [2.05, 4.69) is 20.4 Å². The average Bonchev–Trinajstić information content (AvgIpc) is 2.46. The Balaban J connectivity index is 2.13. The van der Waals surface area contributed by atoms with E-state index in [1.807, 2.05) is 18.2 Å². The number of amides is 1. The second kappa shape index (κ2) is 6.10. The fourth-order valence-electron chi connectivity index (χ4n) is 1.29. The third-order valence-corrected chi connectivity index (χ3v) is 2.09. The number of nitrogens with one attached hydrogen (secondary N) is 1. The van der Waals surface area contributed by atoms with Gasteiger partial charge in [0.2, 0.25) is 5.88 Å². The normalized spacial score (nSPS) is 10.3. The van der Waals surface area contributed by atoms with E-state index >= 15 is 0 Å². The van der Waals surface area contributed by atoms with E-state index in [1.165, 1.54) is 12.4 Å². The molecule has 0 saturated carbocycles. The van der Waals surface area contributed by atoms with Crippen molar-refractivity contribution in [1.29, 1.82) is 0 Å². The van der Waals surface area contributed by atoms with Gasteiger partial charge in [-0.2, -0.15) is 0 Å². The molecule has 1 amide bonds. The summed E-state index contributed by atoms with van der Waals surface area (Å²) in [6.07, 6.45) is 2.06. The Kier molecular flexibility index (Phi) is 4.01. The van der Waals surface area contributed by atoms with Gasteiger partial charge in [0, 0.05) is 6.07 Å². The molecule has 0 aliphatic carbocycles. The van der Waals surface area contributed by atoms with E-state index in [-0.39, 0.29) is 11.6 Å². The van der Waals surface area contributed by atoms with Crippen molar-refractivity contribution in [2.75, 3.05) is 0 Å². The van der Waals surface area contributed by atoms with E-state index in [1.54, 1.807) is 12.1 Å². The summed E-state index contributed by atoms with van der Waals surface area (Å²) >= 11 is 0. The first-order valence-corrected chi connectivity index (χ1v) is 5.31. The number of benzene rings is 1. The molecule has 1 aromatic heterocycles. The summed E-state index contributed by atoms with van der Waals surface area (Å²) in [5, 5.41) is 13.1. The predicted molar refractivity (Wildman–Crippen MR) is 66.3 cm³/mol. The first-order valence-electron chi connectivity index (χ1n) is 5.31. The molecule has 96 valence electrons. The molecule has 0 unspecified atom stereocenters. The van der Waals surface area contributed by atoms with Gasteiger partial charge in [0.25, 0.3) is 5.91 Å². The van der Waals surface area contributed by atoms with Crippen LogP contribution in [0.1, 0.15) is 10.5 Å². The van der Waals surface area contributed by atoms with E-state index in [9.17, 15) is 4.79 Å². The van der Waals surface area contributed by atoms with Crippen LogP contribution in [-0.4, -0.2) is 27.4 Å². The second-order valence-corrected chi connectivity index (χ2v) is 3.37. The second-order valence-electron chi connectivity index (χ2n) is 3.37. The maximum atomic E-state index is 11.5. The lowest BCUT2D eigenvalue weighted by molar-refractivity contribution is 0.0971. The highest BCUT2D eigenvalue weighted by Crippen LogP contribution is 2.18. The minimum atomic E-state index is -0.530. The summed E-state index contributed by atoms with van der Waals surface area (Å²) in [6.45, 7) is 0. The fourth-order valence-corrected chi connectivity index (χ4v) is 1.29. The van der Waals surface area contributed by atoms with Gasteiger partial charge in [0.1, 0.15) is 24.1 Å². The maximum Gasteiger partial charge on any atom is 0.275 e. The quantitative estimate of drug-likeness (QED) is 0.374. The van der Waals surface area contributed by atoms with Crippen LogP contribution in [0.3, 0.4) is 0 Å². The Bertz CT molecular complexity index is 587. The first kappa shape index (κ1) is 12.5. The number of oxime groups is 1. The number of para-hydroxylation sites is 1. The molecule has 7 heteroatoms. The monoisotopic (exact) mass is 258 g/mol. The minimum absolute atomic E-state index is 0.0980. The van der Waals surface area contributed by atoms with Crippen LogP contribution in [0.25, 0.3) is 0 Å². The zero-order valence-corrected chi connectivity index (χ0v) is 9.72. The average molecular weight is 258 g/mol. The van der Waals surface area contributed by atoms with Gasteiger partial charge in [-0.25, -0.2) is 9.97 Å². The molecule has 2 rings (SSSR count). The van der Waals surface area contributed by atoms with Crippen LogP contribution in [0, 0.1) is 0 Å². The van der Waals surface area contributed by atoms with Crippen LogP contribution in [0.4, 0.5) is 0 Å². The van der Waals surface area contributed by atoms with Crippen LogP contribution < -0.4 is 10.1 Å². The molecular formula is C12H10N4O3. The molecule has 0 bridgehead atoms. The smallest absolute Gasteiger partial charge is 0.275 e. The summed E-state index contributed by atoms with van der Waals surface area (Å²) < 4.78 is 5.46. The molecule has 7 nitrogen and oxygen atoms in total. The molecule has 0 aliphatic heterocycles. The summed E-state index contributed by atoms with van der Waals surface area (Å²) in [5.74, 6) is 0.315. The van der Waals surface area contributed by atoms with Crippen LogP contribution in [0.5, 0.6) is 11.6 Å². The molecule has 0 aliphatic rings. The van der Waals surface area contributed by atoms with Gasteiger partial charge in [0.15, 0.2) is 0 Å². The van der Waals surface area contributed by atoms with Gasteiger partial charge >= 0.3 is 0 Å².